The molecule has 0 aromatic heterocycles. The van der Waals surface area contributed by atoms with Gasteiger partial charge in [-0.25, -0.2) is 0 Å². The van der Waals surface area contributed by atoms with Crippen molar-refractivity contribution < 1.29 is 14.3 Å². The molecule has 0 bridgehead atoms. The van der Waals surface area contributed by atoms with Crippen LogP contribution in [0.2, 0.25) is 0 Å². The Bertz CT molecular complexity index is 777. The Labute approximate surface area is 153 Å². The van der Waals surface area contributed by atoms with Crippen LogP contribution in [-0.2, 0) is 17.8 Å². The van der Waals surface area contributed by atoms with Crippen LogP contribution in [0.1, 0.15) is 28.4 Å². The van der Waals surface area contributed by atoms with E-state index in [0.717, 1.165) is 18.7 Å². The Morgan fingerprint density at radius 3 is 2.65 bits per heavy atom. The number of fused-ring (bicyclic) bond motifs is 1. The summed E-state index contributed by atoms with van der Waals surface area (Å²) >= 11 is 0. The van der Waals surface area contributed by atoms with Crippen molar-refractivity contribution in [1.82, 2.24) is 15.8 Å². The topological polar surface area (TPSA) is 70.7 Å². The average molecular weight is 353 g/mol. The van der Waals surface area contributed by atoms with Crippen molar-refractivity contribution in [3.8, 4) is 5.75 Å². The van der Waals surface area contributed by atoms with E-state index >= 15 is 0 Å². The molecule has 2 aromatic carbocycles. The van der Waals surface area contributed by atoms with E-state index in [0.29, 0.717) is 18.7 Å². The van der Waals surface area contributed by atoms with Crippen molar-refractivity contribution in [2.24, 2.45) is 0 Å². The third-order valence-corrected chi connectivity index (χ3v) is 4.30. The average Bonchev–Trinajstić information content (AvgIpc) is 2.67. The molecule has 6 nitrogen and oxygen atoms in total. The van der Waals surface area contributed by atoms with E-state index in [1.807, 2.05) is 25.1 Å². The fourth-order valence-corrected chi connectivity index (χ4v) is 3.01. The molecule has 0 fully saturated rings. The monoisotopic (exact) mass is 353 g/mol. The summed E-state index contributed by atoms with van der Waals surface area (Å²) in [7, 11) is 0. The van der Waals surface area contributed by atoms with E-state index in [2.05, 4.69) is 21.8 Å². The Kier molecular flexibility index (Phi) is 5.86. The van der Waals surface area contributed by atoms with Gasteiger partial charge in [0, 0.05) is 18.7 Å². The minimum atomic E-state index is -0.329. The second-order valence-electron chi connectivity index (χ2n) is 6.19. The van der Waals surface area contributed by atoms with Crippen LogP contribution in [0, 0.1) is 0 Å². The Morgan fingerprint density at radius 2 is 1.88 bits per heavy atom. The van der Waals surface area contributed by atoms with Crippen molar-refractivity contribution in [3.05, 3.63) is 65.2 Å². The maximum Gasteiger partial charge on any atom is 0.269 e. The predicted octanol–water partition coefficient (Wildman–Crippen LogP) is 1.90. The SMILES string of the molecule is CCOc1ccc2c(c1)CN(CC(=O)NNC(=O)c1ccccc1)CC2. The summed E-state index contributed by atoms with van der Waals surface area (Å²) in [4.78, 5) is 26.1. The number of hydrogen-bond acceptors (Lipinski definition) is 4. The number of carbonyl (C=O) groups excluding carboxylic acids is 2. The first-order valence-corrected chi connectivity index (χ1v) is 8.77. The summed E-state index contributed by atoms with van der Waals surface area (Å²) in [5, 5.41) is 0. The molecule has 1 aliphatic rings. The first-order valence-electron chi connectivity index (χ1n) is 8.77. The van der Waals surface area contributed by atoms with E-state index in [4.69, 9.17) is 4.74 Å². The molecule has 3 rings (SSSR count). The van der Waals surface area contributed by atoms with E-state index in [9.17, 15) is 9.59 Å². The van der Waals surface area contributed by atoms with Crippen molar-refractivity contribution in [3.63, 3.8) is 0 Å². The molecule has 136 valence electrons. The molecule has 0 atom stereocenters. The normalized spacial score (nSPS) is 13.6. The molecule has 1 heterocycles. The first kappa shape index (κ1) is 17.9. The zero-order valence-electron chi connectivity index (χ0n) is 14.8. The van der Waals surface area contributed by atoms with Gasteiger partial charge in [-0.1, -0.05) is 24.3 Å². The van der Waals surface area contributed by atoms with E-state index in [1.54, 1.807) is 24.3 Å². The fourth-order valence-electron chi connectivity index (χ4n) is 3.01. The molecule has 0 saturated carbocycles. The molecule has 2 amide bonds. The van der Waals surface area contributed by atoms with Crippen LogP contribution in [-0.4, -0.2) is 36.4 Å². The van der Waals surface area contributed by atoms with Gasteiger partial charge in [-0.05, 0) is 48.7 Å². The van der Waals surface area contributed by atoms with Crippen LogP contribution in [0.5, 0.6) is 5.75 Å². The molecule has 6 heteroatoms. The van der Waals surface area contributed by atoms with Gasteiger partial charge in [0.2, 0.25) is 0 Å². The number of hydrogen-bond donors (Lipinski definition) is 2. The summed E-state index contributed by atoms with van der Waals surface area (Å²) in [5.41, 5.74) is 7.91. The summed E-state index contributed by atoms with van der Waals surface area (Å²) in [6.45, 7) is 4.32. The van der Waals surface area contributed by atoms with Crippen molar-refractivity contribution >= 4 is 11.8 Å². The second-order valence-corrected chi connectivity index (χ2v) is 6.19. The van der Waals surface area contributed by atoms with Crippen molar-refractivity contribution in [1.29, 1.82) is 0 Å². The molecule has 26 heavy (non-hydrogen) atoms. The van der Waals surface area contributed by atoms with Gasteiger partial charge in [0.15, 0.2) is 0 Å². The molecular formula is C20H23N3O3. The maximum atomic E-state index is 12.1. The lowest BCUT2D eigenvalue weighted by molar-refractivity contribution is -0.123. The number of amides is 2. The maximum absolute atomic E-state index is 12.1. The molecule has 2 aromatic rings. The quantitative estimate of drug-likeness (QED) is 0.806. The molecule has 0 saturated heterocycles. The zero-order chi connectivity index (χ0) is 18.4. The smallest absolute Gasteiger partial charge is 0.269 e. The highest BCUT2D eigenvalue weighted by atomic mass is 16.5. The van der Waals surface area contributed by atoms with E-state index in [-0.39, 0.29) is 18.4 Å². The van der Waals surface area contributed by atoms with Crippen molar-refractivity contribution in [2.75, 3.05) is 19.7 Å². The standard InChI is InChI=1S/C20H23N3O3/c1-2-26-18-9-8-15-10-11-23(13-17(15)12-18)14-19(24)21-22-20(25)16-6-4-3-5-7-16/h3-9,12H,2,10-11,13-14H2,1H3,(H,21,24)(H,22,25). The minimum Gasteiger partial charge on any atom is -0.494 e. The molecular weight excluding hydrogens is 330 g/mol. The van der Waals surface area contributed by atoms with Gasteiger partial charge in [0.1, 0.15) is 5.75 Å². The molecule has 0 radical (unpaired) electrons. The lowest BCUT2D eigenvalue weighted by Crippen LogP contribution is -2.47. The second kappa shape index (κ2) is 8.49. The highest BCUT2D eigenvalue weighted by molar-refractivity contribution is 5.95. The van der Waals surface area contributed by atoms with Crippen LogP contribution in [0.4, 0.5) is 0 Å². The largest absolute Gasteiger partial charge is 0.494 e. The number of ether oxygens (including phenoxy) is 1. The van der Waals surface area contributed by atoms with Crippen LogP contribution >= 0.6 is 0 Å². The lowest BCUT2D eigenvalue weighted by atomic mass is 9.99. The highest BCUT2D eigenvalue weighted by Gasteiger charge is 2.19. The molecule has 0 unspecified atom stereocenters. The van der Waals surface area contributed by atoms with Gasteiger partial charge >= 0.3 is 0 Å². The van der Waals surface area contributed by atoms with Crippen LogP contribution in [0.3, 0.4) is 0 Å². The minimum absolute atomic E-state index is 0.230. The number of nitrogens with zero attached hydrogens (tertiary/aromatic N) is 1. The van der Waals surface area contributed by atoms with Crippen LogP contribution < -0.4 is 15.6 Å². The number of carbonyl (C=O) groups is 2. The number of benzene rings is 2. The summed E-state index contributed by atoms with van der Waals surface area (Å²) < 4.78 is 5.55. The Balaban J connectivity index is 1.51. The number of rotatable bonds is 5. The van der Waals surface area contributed by atoms with Gasteiger partial charge in [-0.2, -0.15) is 0 Å². The lowest BCUT2D eigenvalue weighted by Gasteiger charge is -2.28. The Hall–Kier alpha value is -2.86. The fraction of sp³-hybridized carbons (Fsp3) is 0.300. The first-order chi connectivity index (χ1) is 12.7. The molecule has 1 aliphatic heterocycles. The van der Waals surface area contributed by atoms with Crippen LogP contribution in [0.25, 0.3) is 0 Å². The van der Waals surface area contributed by atoms with Gasteiger partial charge in [-0.15, -0.1) is 0 Å². The van der Waals surface area contributed by atoms with E-state index < -0.39 is 0 Å². The van der Waals surface area contributed by atoms with Gasteiger partial charge in [0.05, 0.1) is 13.2 Å². The Morgan fingerprint density at radius 1 is 1.08 bits per heavy atom. The third-order valence-electron chi connectivity index (χ3n) is 4.30. The number of nitrogens with one attached hydrogen (secondary N) is 2. The summed E-state index contributed by atoms with van der Waals surface area (Å²) in [6, 6.07) is 14.9. The predicted molar refractivity (Wildman–Crippen MR) is 98.6 cm³/mol. The zero-order valence-corrected chi connectivity index (χ0v) is 14.8. The van der Waals surface area contributed by atoms with Crippen LogP contribution in [0.15, 0.2) is 48.5 Å². The molecule has 0 aliphatic carbocycles. The molecule has 0 spiro atoms. The third kappa shape index (κ3) is 4.61. The summed E-state index contributed by atoms with van der Waals surface area (Å²) in [5.74, 6) is 0.288. The highest BCUT2D eigenvalue weighted by Crippen LogP contribution is 2.23. The van der Waals surface area contributed by atoms with Gasteiger partial charge < -0.3 is 4.74 Å². The number of hydrazine groups is 1. The van der Waals surface area contributed by atoms with Gasteiger partial charge in [0.25, 0.3) is 11.8 Å². The summed E-state index contributed by atoms with van der Waals surface area (Å²) in [6.07, 6.45) is 0.894. The van der Waals surface area contributed by atoms with Gasteiger partial charge in [-0.3, -0.25) is 25.3 Å². The van der Waals surface area contributed by atoms with Crippen molar-refractivity contribution in [2.45, 2.75) is 19.9 Å². The molecule has 2 N–H and O–H groups in total. The van der Waals surface area contributed by atoms with E-state index in [1.165, 1.54) is 11.1 Å².